The van der Waals surface area contributed by atoms with Gasteiger partial charge in [-0.25, -0.2) is 13.8 Å². The fourth-order valence-electron chi connectivity index (χ4n) is 0.892. The lowest BCUT2D eigenvalue weighted by Gasteiger charge is -2.08. The molecule has 0 fully saturated rings. The van der Waals surface area contributed by atoms with Crippen LogP contribution in [0.3, 0.4) is 0 Å². The average molecular weight is 319 g/mol. The minimum absolute atomic E-state index is 0.0631. The summed E-state index contributed by atoms with van der Waals surface area (Å²) in [5.41, 5.74) is -0.306. The zero-order chi connectivity index (χ0) is 10.0. The van der Waals surface area contributed by atoms with Gasteiger partial charge in [0.1, 0.15) is 5.15 Å². The molecule has 1 rings (SSSR count). The molecule has 72 valence electrons. The van der Waals surface area contributed by atoms with Crippen molar-refractivity contribution in [2.45, 2.75) is 13.0 Å². The third kappa shape index (κ3) is 2.47. The Hall–Kier alpha value is -0.0100. The first-order chi connectivity index (χ1) is 6.06. The van der Waals surface area contributed by atoms with Crippen LogP contribution in [0.25, 0.3) is 0 Å². The molecular weight excluding hydrogens is 314 g/mol. The Labute approximate surface area is 92.1 Å². The van der Waals surface area contributed by atoms with Crippen molar-refractivity contribution in [2.24, 2.45) is 0 Å². The van der Waals surface area contributed by atoms with E-state index in [9.17, 15) is 8.78 Å². The van der Waals surface area contributed by atoms with E-state index in [4.69, 9.17) is 16.7 Å². The number of aliphatic hydroxyl groups excluding tert-OH is 1. The van der Waals surface area contributed by atoms with Gasteiger partial charge in [-0.1, -0.05) is 11.6 Å². The van der Waals surface area contributed by atoms with E-state index >= 15 is 0 Å². The quantitative estimate of drug-likeness (QED) is 0.672. The monoisotopic (exact) mass is 319 g/mol. The van der Waals surface area contributed by atoms with Crippen LogP contribution in [0.4, 0.5) is 8.78 Å². The largest absolute Gasteiger partial charge is 0.390 e. The van der Waals surface area contributed by atoms with Crippen molar-refractivity contribution in [1.82, 2.24) is 4.98 Å². The number of rotatable bonds is 2. The molecular formula is C7H5ClF2INO. The molecule has 1 N–H and O–H groups in total. The molecule has 0 aliphatic rings. The molecule has 1 aromatic heterocycles. The lowest BCUT2D eigenvalue weighted by atomic mass is 10.2. The van der Waals surface area contributed by atoms with E-state index in [1.54, 1.807) is 22.6 Å². The second kappa shape index (κ2) is 4.47. The van der Waals surface area contributed by atoms with Crippen molar-refractivity contribution in [3.8, 4) is 0 Å². The number of hydrogen-bond donors (Lipinski definition) is 1. The van der Waals surface area contributed by atoms with Gasteiger partial charge in [0.05, 0.1) is 17.9 Å². The highest BCUT2D eigenvalue weighted by molar-refractivity contribution is 14.1. The van der Waals surface area contributed by atoms with Gasteiger partial charge in [0.25, 0.3) is 6.43 Å². The molecule has 0 radical (unpaired) electrons. The molecule has 0 aliphatic heterocycles. The Bertz CT molecular complexity index is 322. The van der Waals surface area contributed by atoms with Gasteiger partial charge >= 0.3 is 0 Å². The number of aromatic nitrogens is 1. The van der Waals surface area contributed by atoms with Crippen LogP contribution in [-0.2, 0) is 6.61 Å². The molecule has 0 amide bonds. The molecule has 2 nitrogen and oxygen atoms in total. The molecule has 0 bridgehead atoms. The number of aliphatic hydroxyl groups is 1. The van der Waals surface area contributed by atoms with Crippen molar-refractivity contribution in [1.29, 1.82) is 0 Å². The minimum Gasteiger partial charge on any atom is -0.390 e. The van der Waals surface area contributed by atoms with Crippen LogP contribution in [0, 0.1) is 3.57 Å². The van der Waals surface area contributed by atoms with Gasteiger partial charge in [0, 0.05) is 3.57 Å². The van der Waals surface area contributed by atoms with E-state index in [2.05, 4.69) is 4.98 Å². The molecule has 1 heterocycles. The molecule has 0 aromatic carbocycles. The van der Waals surface area contributed by atoms with Gasteiger partial charge in [-0.3, -0.25) is 0 Å². The SMILES string of the molecule is OCc1nc(Cl)cc(I)c1C(F)F. The number of halogens is 4. The van der Waals surface area contributed by atoms with Crippen LogP contribution >= 0.6 is 34.2 Å². The molecule has 0 saturated carbocycles. The fraction of sp³-hybridized carbons (Fsp3) is 0.286. The Morgan fingerprint density at radius 1 is 1.62 bits per heavy atom. The van der Waals surface area contributed by atoms with Crippen LogP contribution < -0.4 is 0 Å². The molecule has 0 spiro atoms. The highest BCUT2D eigenvalue weighted by Gasteiger charge is 2.18. The van der Waals surface area contributed by atoms with E-state index in [-0.39, 0.29) is 16.4 Å². The maximum Gasteiger partial charge on any atom is 0.266 e. The predicted octanol–water partition coefficient (Wildman–Crippen LogP) is 2.77. The summed E-state index contributed by atoms with van der Waals surface area (Å²) in [6.07, 6.45) is -2.64. The van der Waals surface area contributed by atoms with Crippen molar-refractivity contribution >= 4 is 34.2 Å². The summed E-state index contributed by atoms with van der Waals surface area (Å²) >= 11 is 7.27. The molecule has 6 heteroatoms. The summed E-state index contributed by atoms with van der Waals surface area (Å²) in [7, 11) is 0. The summed E-state index contributed by atoms with van der Waals surface area (Å²) in [5, 5.41) is 8.87. The topological polar surface area (TPSA) is 33.1 Å². The normalized spacial score (nSPS) is 10.9. The highest BCUT2D eigenvalue weighted by atomic mass is 127. The zero-order valence-electron chi connectivity index (χ0n) is 6.27. The molecule has 0 saturated heterocycles. The van der Waals surface area contributed by atoms with E-state index in [1.807, 2.05) is 0 Å². The maximum absolute atomic E-state index is 12.4. The van der Waals surface area contributed by atoms with E-state index < -0.39 is 13.0 Å². The number of alkyl halides is 2. The van der Waals surface area contributed by atoms with Crippen molar-refractivity contribution in [2.75, 3.05) is 0 Å². The van der Waals surface area contributed by atoms with Crippen LogP contribution in [0.1, 0.15) is 17.7 Å². The first-order valence-corrected chi connectivity index (χ1v) is 4.75. The lowest BCUT2D eigenvalue weighted by molar-refractivity contribution is 0.145. The summed E-state index contributed by atoms with van der Waals surface area (Å²) in [5.74, 6) is 0. The van der Waals surface area contributed by atoms with Crippen LogP contribution in [0.15, 0.2) is 6.07 Å². The van der Waals surface area contributed by atoms with E-state index in [1.165, 1.54) is 6.07 Å². The van der Waals surface area contributed by atoms with Crippen LogP contribution in [0.5, 0.6) is 0 Å². The Balaban J connectivity index is 3.30. The van der Waals surface area contributed by atoms with Crippen LogP contribution in [0.2, 0.25) is 5.15 Å². The summed E-state index contributed by atoms with van der Waals surface area (Å²) < 4.78 is 25.1. The predicted molar refractivity (Wildman–Crippen MR) is 52.8 cm³/mol. The third-order valence-corrected chi connectivity index (χ3v) is 2.51. The smallest absolute Gasteiger partial charge is 0.266 e. The van der Waals surface area contributed by atoms with Gasteiger partial charge in [0.2, 0.25) is 0 Å². The minimum atomic E-state index is -2.64. The fourth-order valence-corrected chi connectivity index (χ4v) is 2.13. The van der Waals surface area contributed by atoms with Gasteiger partial charge in [0.15, 0.2) is 0 Å². The lowest BCUT2D eigenvalue weighted by Crippen LogP contribution is -2.01. The Kier molecular flexibility index (Phi) is 3.81. The first-order valence-electron chi connectivity index (χ1n) is 3.30. The van der Waals surface area contributed by atoms with Gasteiger partial charge < -0.3 is 5.11 Å². The zero-order valence-corrected chi connectivity index (χ0v) is 9.18. The summed E-state index contributed by atoms with van der Waals surface area (Å²) in [4.78, 5) is 3.60. The molecule has 0 aliphatic carbocycles. The second-order valence-corrected chi connectivity index (χ2v) is 3.80. The van der Waals surface area contributed by atoms with Crippen LogP contribution in [-0.4, -0.2) is 10.1 Å². The standard InChI is InChI=1S/C7H5ClF2INO/c8-5-1-3(11)6(7(9)10)4(2-13)12-5/h1,7,13H,2H2. The Morgan fingerprint density at radius 2 is 2.23 bits per heavy atom. The van der Waals surface area contributed by atoms with Gasteiger partial charge in [-0.05, 0) is 28.7 Å². The molecule has 1 aromatic rings. The number of nitrogens with zero attached hydrogens (tertiary/aromatic N) is 1. The van der Waals surface area contributed by atoms with Crippen molar-refractivity contribution in [3.63, 3.8) is 0 Å². The summed E-state index contributed by atoms with van der Waals surface area (Å²) in [6.45, 7) is -0.532. The van der Waals surface area contributed by atoms with Crippen molar-refractivity contribution in [3.05, 3.63) is 26.0 Å². The van der Waals surface area contributed by atoms with Gasteiger partial charge in [-0.15, -0.1) is 0 Å². The van der Waals surface area contributed by atoms with Crippen molar-refractivity contribution < 1.29 is 13.9 Å². The number of pyridine rings is 1. The molecule has 13 heavy (non-hydrogen) atoms. The second-order valence-electron chi connectivity index (χ2n) is 2.25. The van der Waals surface area contributed by atoms with Gasteiger partial charge in [-0.2, -0.15) is 0 Å². The third-order valence-electron chi connectivity index (χ3n) is 1.42. The number of hydrogen-bond acceptors (Lipinski definition) is 2. The van der Waals surface area contributed by atoms with E-state index in [0.29, 0.717) is 3.57 Å². The first kappa shape index (κ1) is 11.1. The highest BCUT2D eigenvalue weighted by Crippen LogP contribution is 2.28. The Morgan fingerprint density at radius 3 is 2.69 bits per heavy atom. The average Bonchev–Trinajstić information content (AvgIpc) is 2.01. The molecule has 0 atom stereocenters. The van der Waals surface area contributed by atoms with E-state index in [0.717, 1.165) is 0 Å². The summed E-state index contributed by atoms with van der Waals surface area (Å²) in [6, 6.07) is 1.34. The maximum atomic E-state index is 12.4. The molecule has 0 unspecified atom stereocenters.